The number of aryl methyl sites for hydroxylation is 1. The van der Waals surface area contributed by atoms with Gasteiger partial charge in [-0.25, -0.2) is 0 Å². The Balaban J connectivity index is 2.35. The molecule has 1 fully saturated rings. The van der Waals surface area contributed by atoms with Crippen molar-refractivity contribution in [2.75, 3.05) is 13.7 Å². The van der Waals surface area contributed by atoms with E-state index >= 15 is 0 Å². The average Bonchev–Trinajstić information content (AvgIpc) is 2.64. The van der Waals surface area contributed by atoms with Crippen molar-refractivity contribution in [1.29, 1.82) is 0 Å². The highest BCUT2D eigenvalue weighted by Crippen LogP contribution is 2.39. The van der Waals surface area contributed by atoms with Crippen molar-refractivity contribution >= 4 is 13.2 Å². The van der Waals surface area contributed by atoms with Gasteiger partial charge in [0, 0.05) is 5.56 Å². The molecule has 0 unspecified atom stereocenters. The summed E-state index contributed by atoms with van der Waals surface area (Å²) < 4.78 is 17.4. The lowest BCUT2D eigenvalue weighted by molar-refractivity contribution is 0.00578. The van der Waals surface area contributed by atoms with Gasteiger partial charge in [-0.3, -0.25) is 0 Å². The predicted octanol–water partition coefficient (Wildman–Crippen LogP) is 3.01. The summed E-state index contributed by atoms with van der Waals surface area (Å²) in [5.41, 5.74) is 1.85. The fourth-order valence-electron chi connectivity index (χ4n) is 2.35. The molecule has 1 aliphatic heterocycles. The van der Waals surface area contributed by atoms with Gasteiger partial charge in [-0.15, -0.1) is 0 Å². The van der Waals surface area contributed by atoms with Crippen LogP contribution < -0.4 is 4.74 Å². The third kappa shape index (κ3) is 3.22. The van der Waals surface area contributed by atoms with Crippen molar-refractivity contribution in [3.63, 3.8) is 0 Å². The second-order valence-corrected chi connectivity index (χ2v) is 6.71. The Kier molecular flexibility index (Phi) is 4.71. The molecule has 0 atom stereocenters. The van der Waals surface area contributed by atoms with Crippen LogP contribution in [0.5, 0.6) is 5.75 Å². The van der Waals surface area contributed by atoms with Gasteiger partial charge in [0.05, 0.1) is 24.9 Å². The molecular weight excluding hydrogens is 279 g/mol. The van der Waals surface area contributed by atoms with E-state index in [1.165, 1.54) is 0 Å². The van der Waals surface area contributed by atoms with E-state index in [2.05, 4.69) is 0 Å². The van der Waals surface area contributed by atoms with Crippen molar-refractivity contribution in [3.05, 3.63) is 34.8 Å². The summed E-state index contributed by atoms with van der Waals surface area (Å²) >= 11 is 0. The summed E-state index contributed by atoms with van der Waals surface area (Å²) in [5, 5.41) is 9.75. The molecule has 0 radical (unpaired) electrons. The van der Waals surface area contributed by atoms with Crippen LogP contribution in [0.15, 0.2) is 23.7 Å². The van der Waals surface area contributed by atoms with Crippen molar-refractivity contribution in [2.24, 2.45) is 0 Å². The molecule has 1 aromatic carbocycles. The number of methoxy groups -OCH3 is 1. The highest BCUT2D eigenvalue weighted by atomic mass is 16.7. The molecule has 5 heteroatoms. The number of ether oxygens (including phenoxy) is 1. The van der Waals surface area contributed by atoms with Gasteiger partial charge in [0.25, 0.3) is 0 Å². The van der Waals surface area contributed by atoms with Gasteiger partial charge < -0.3 is 19.2 Å². The Morgan fingerprint density at radius 3 is 2.32 bits per heavy atom. The molecular formula is C17H25BO4. The zero-order valence-electron chi connectivity index (χ0n) is 14.3. The molecule has 1 aliphatic rings. The summed E-state index contributed by atoms with van der Waals surface area (Å²) in [6.07, 6.45) is 1.88. The maximum Gasteiger partial charge on any atom is 0.492 e. The molecule has 4 nitrogen and oxygen atoms in total. The van der Waals surface area contributed by atoms with E-state index in [4.69, 9.17) is 14.0 Å². The van der Waals surface area contributed by atoms with Crippen LogP contribution in [0.2, 0.25) is 0 Å². The first-order valence-corrected chi connectivity index (χ1v) is 7.52. The Morgan fingerprint density at radius 1 is 1.23 bits per heavy atom. The largest absolute Gasteiger partial charge is 0.496 e. The molecule has 22 heavy (non-hydrogen) atoms. The van der Waals surface area contributed by atoms with Crippen LogP contribution in [0.3, 0.4) is 0 Å². The van der Waals surface area contributed by atoms with Crippen LogP contribution in [0, 0.1) is 6.92 Å². The van der Waals surface area contributed by atoms with E-state index in [0.717, 1.165) is 16.9 Å². The lowest BCUT2D eigenvalue weighted by Gasteiger charge is -2.32. The Morgan fingerprint density at radius 2 is 1.82 bits per heavy atom. The summed E-state index contributed by atoms with van der Waals surface area (Å²) in [6.45, 7) is 9.87. The van der Waals surface area contributed by atoms with E-state index in [-0.39, 0.29) is 6.61 Å². The molecule has 1 N–H and O–H groups in total. The molecule has 1 saturated heterocycles. The second kappa shape index (κ2) is 6.07. The Bertz CT molecular complexity index is 562. The molecule has 2 rings (SSSR count). The van der Waals surface area contributed by atoms with Gasteiger partial charge in [0.2, 0.25) is 0 Å². The standard InChI is InChI=1S/C17H25BO4/c1-12-7-8-15(20-6)13(9-12)10-14(11-19)18-21-16(2,3)17(4,5)22-18/h7-10,19H,11H2,1-6H3. The Labute approximate surface area is 133 Å². The molecule has 1 aromatic rings. The van der Waals surface area contributed by atoms with E-state index in [0.29, 0.717) is 5.47 Å². The average molecular weight is 304 g/mol. The number of rotatable bonds is 4. The van der Waals surface area contributed by atoms with E-state index in [1.54, 1.807) is 7.11 Å². The van der Waals surface area contributed by atoms with Gasteiger partial charge in [-0.1, -0.05) is 17.7 Å². The topological polar surface area (TPSA) is 47.9 Å². The van der Waals surface area contributed by atoms with Crippen LogP contribution in [0.1, 0.15) is 38.8 Å². The molecule has 0 spiro atoms. The summed E-state index contributed by atoms with van der Waals surface area (Å²) in [7, 11) is 1.08. The van der Waals surface area contributed by atoms with Gasteiger partial charge >= 0.3 is 7.12 Å². The van der Waals surface area contributed by atoms with Crippen LogP contribution in [0.4, 0.5) is 0 Å². The van der Waals surface area contributed by atoms with Crippen molar-refractivity contribution in [2.45, 2.75) is 45.8 Å². The highest BCUT2D eigenvalue weighted by Gasteiger charge is 2.52. The number of benzene rings is 1. The maximum atomic E-state index is 9.75. The van der Waals surface area contributed by atoms with Gasteiger partial charge in [0.15, 0.2) is 0 Å². The number of hydrogen-bond acceptors (Lipinski definition) is 4. The molecule has 0 amide bonds. The zero-order valence-corrected chi connectivity index (χ0v) is 14.3. The lowest BCUT2D eigenvalue weighted by atomic mass is 9.77. The molecule has 0 bridgehead atoms. The smallest absolute Gasteiger partial charge is 0.492 e. The molecule has 0 aromatic heterocycles. The molecule has 120 valence electrons. The van der Waals surface area contributed by atoms with Crippen LogP contribution in [-0.4, -0.2) is 37.1 Å². The summed E-state index contributed by atoms with van der Waals surface area (Å²) in [6, 6.07) is 5.92. The first kappa shape index (κ1) is 17.1. The number of aliphatic hydroxyl groups is 1. The van der Waals surface area contributed by atoms with Crippen LogP contribution >= 0.6 is 0 Å². The molecule has 1 heterocycles. The number of hydrogen-bond donors (Lipinski definition) is 1. The zero-order chi connectivity index (χ0) is 16.5. The fraction of sp³-hybridized carbons (Fsp3) is 0.529. The minimum Gasteiger partial charge on any atom is -0.496 e. The predicted molar refractivity (Wildman–Crippen MR) is 88.9 cm³/mol. The quantitative estimate of drug-likeness (QED) is 0.869. The first-order chi connectivity index (χ1) is 10.2. The monoisotopic (exact) mass is 304 g/mol. The third-order valence-corrected chi connectivity index (χ3v) is 4.46. The second-order valence-electron chi connectivity index (χ2n) is 6.71. The van der Waals surface area contributed by atoms with E-state index < -0.39 is 18.3 Å². The van der Waals surface area contributed by atoms with Crippen molar-refractivity contribution in [1.82, 2.24) is 0 Å². The van der Waals surface area contributed by atoms with Gasteiger partial charge in [-0.05, 0) is 52.2 Å². The molecule has 0 saturated carbocycles. The summed E-state index contributed by atoms with van der Waals surface area (Å²) in [4.78, 5) is 0. The van der Waals surface area contributed by atoms with Crippen LogP contribution in [-0.2, 0) is 9.31 Å². The first-order valence-electron chi connectivity index (χ1n) is 7.52. The van der Waals surface area contributed by atoms with Gasteiger partial charge in [-0.2, -0.15) is 0 Å². The van der Waals surface area contributed by atoms with Gasteiger partial charge in [0.1, 0.15) is 5.75 Å². The summed E-state index contributed by atoms with van der Waals surface area (Å²) in [5.74, 6) is 0.757. The minimum atomic E-state index is -0.555. The van der Waals surface area contributed by atoms with Crippen molar-refractivity contribution < 1.29 is 19.2 Å². The lowest BCUT2D eigenvalue weighted by Crippen LogP contribution is -2.41. The normalized spacial score (nSPS) is 20.3. The van der Waals surface area contributed by atoms with Crippen LogP contribution in [0.25, 0.3) is 6.08 Å². The fourth-order valence-corrected chi connectivity index (χ4v) is 2.35. The Hall–Kier alpha value is -1.30. The van der Waals surface area contributed by atoms with Crippen molar-refractivity contribution in [3.8, 4) is 5.75 Å². The van der Waals surface area contributed by atoms with E-state index in [1.807, 2.05) is 58.9 Å². The maximum absolute atomic E-state index is 9.75. The third-order valence-electron chi connectivity index (χ3n) is 4.46. The van der Waals surface area contributed by atoms with E-state index in [9.17, 15) is 5.11 Å². The minimum absolute atomic E-state index is 0.131. The SMILES string of the molecule is COc1ccc(C)cc1C=C(CO)B1OC(C)(C)C(C)(C)O1. The highest BCUT2D eigenvalue weighted by molar-refractivity contribution is 6.55. The molecule has 0 aliphatic carbocycles. The number of aliphatic hydroxyl groups excluding tert-OH is 1.